The number of fused-ring (bicyclic) bond motifs is 3. The molecule has 11 nitrogen and oxygen atoms in total. The van der Waals surface area contributed by atoms with E-state index in [9.17, 15) is 17.8 Å². The van der Waals surface area contributed by atoms with Crippen molar-refractivity contribution < 1.29 is 27.3 Å². The van der Waals surface area contributed by atoms with Crippen molar-refractivity contribution in [2.24, 2.45) is 4.40 Å². The third-order valence-corrected chi connectivity index (χ3v) is 9.60. The fourth-order valence-corrected chi connectivity index (χ4v) is 5.74. The van der Waals surface area contributed by atoms with Crippen LogP contribution in [0.2, 0.25) is 0 Å². The number of halogens is 2. The minimum absolute atomic E-state index is 0.0315. The van der Waals surface area contributed by atoms with E-state index in [1.54, 1.807) is 68.8 Å². The summed E-state index contributed by atoms with van der Waals surface area (Å²) >= 11 is 0. The lowest BCUT2D eigenvalue weighted by Gasteiger charge is -2.25. The molecule has 5 rings (SSSR count). The molecule has 278 valence electrons. The lowest BCUT2D eigenvalue weighted by atomic mass is 10.1. The summed E-state index contributed by atoms with van der Waals surface area (Å²) in [5, 5.41) is 8.06. The average Bonchev–Trinajstić information content (AvgIpc) is 3.57. The van der Waals surface area contributed by atoms with E-state index in [-0.39, 0.29) is 41.0 Å². The standard InChI is InChI=1S/C36H41F2N7O4S.C2H6/c1-22(44(5)34(46)24-13-11-23(12-14-24)20-40-50(47)36(2,3)4)9-8-10-31-41-33-28-17-26(37)18-29(38)32(28)42-35(45(33)43-31)39-21-25-15-16-27(48-6)19-30(25)49-7;1-2/h11-20,22H,8-10,21H2,1-7H3,(H,39,42);1-2H3/b40-20+;/t22-,50-;/m0./s1. The number of amides is 1. The maximum Gasteiger partial charge on any atom is 0.253 e. The number of aryl methyl sites for hydroxylation is 1. The van der Waals surface area contributed by atoms with E-state index in [1.165, 1.54) is 10.6 Å². The summed E-state index contributed by atoms with van der Waals surface area (Å²) < 4.78 is 57.4. The summed E-state index contributed by atoms with van der Waals surface area (Å²) in [5.74, 6) is 0.255. The first-order valence-electron chi connectivity index (χ1n) is 17.1. The summed E-state index contributed by atoms with van der Waals surface area (Å²) in [6.45, 7) is 11.8. The third-order valence-electron chi connectivity index (χ3n) is 8.25. The highest BCUT2D eigenvalue weighted by atomic mass is 32.2. The molecule has 0 bridgehead atoms. The molecule has 52 heavy (non-hydrogen) atoms. The molecule has 0 saturated carbocycles. The molecule has 2 aromatic heterocycles. The minimum Gasteiger partial charge on any atom is -0.497 e. The molecule has 0 radical (unpaired) electrons. The largest absolute Gasteiger partial charge is 0.497 e. The molecule has 0 unspecified atom stereocenters. The zero-order valence-electron chi connectivity index (χ0n) is 31.2. The number of rotatable bonds is 13. The van der Waals surface area contributed by atoms with Gasteiger partial charge in [-0.1, -0.05) is 26.0 Å². The Morgan fingerprint density at radius 1 is 1.06 bits per heavy atom. The van der Waals surface area contributed by atoms with Crippen LogP contribution in [0.4, 0.5) is 14.7 Å². The van der Waals surface area contributed by atoms with Gasteiger partial charge in [0.15, 0.2) is 17.3 Å². The van der Waals surface area contributed by atoms with Crippen molar-refractivity contribution in [1.29, 1.82) is 0 Å². The zero-order chi connectivity index (χ0) is 38.2. The van der Waals surface area contributed by atoms with Gasteiger partial charge in [0.1, 0.15) is 33.8 Å². The molecule has 0 spiro atoms. The molecule has 1 amide bonds. The molecular formula is C38H47F2N7O4S. The lowest BCUT2D eigenvalue weighted by molar-refractivity contribution is 0.0735. The first kappa shape index (κ1) is 39.8. The highest BCUT2D eigenvalue weighted by molar-refractivity contribution is 7.85. The van der Waals surface area contributed by atoms with Crippen molar-refractivity contribution in [3.05, 3.63) is 88.7 Å². The Balaban J connectivity index is 0.00000297. The van der Waals surface area contributed by atoms with Crippen molar-refractivity contribution in [2.75, 3.05) is 26.6 Å². The molecule has 14 heteroatoms. The van der Waals surface area contributed by atoms with E-state index in [2.05, 4.69) is 24.8 Å². The second-order valence-electron chi connectivity index (χ2n) is 12.9. The van der Waals surface area contributed by atoms with Crippen LogP contribution in [-0.2, 0) is 24.0 Å². The Labute approximate surface area is 306 Å². The summed E-state index contributed by atoms with van der Waals surface area (Å²) in [6.07, 6.45) is 3.32. The number of hydrogen-bond donors (Lipinski definition) is 1. The Hall–Kier alpha value is -4.98. The first-order valence-corrected chi connectivity index (χ1v) is 18.2. The molecule has 0 fully saturated rings. The fourth-order valence-electron chi connectivity index (χ4n) is 5.20. The van der Waals surface area contributed by atoms with Crippen LogP contribution in [0.3, 0.4) is 0 Å². The topological polar surface area (TPSA) is 123 Å². The summed E-state index contributed by atoms with van der Waals surface area (Å²) in [5.41, 5.74) is 2.32. The van der Waals surface area contributed by atoms with Crippen LogP contribution in [0.15, 0.2) is 59.0 Å². The predicted molar refractivity (Wildman–Crippen MR) is 203 cm³/mol. The van der Waals surface area contributed by atoms with Crippen molar-refractivity contribution in [2.45, 2.75) is 78.1 Å². The van der Waals surface area contributed by atoms with E-state index < -0.39 is 27.4 Å². The Bertz CT molecular complexity index is 2060. The smallest absolute Gasteiger partial charge is 0.253 e. The number of methoxy groups -OCH3 is 2. The Morgan fingerprint density at radius 2 is 1.77 bits per heavy atom. The number of carbonyl (C=O) groups excluding carboxylic acids is 1. The molecule has 2 atom stereocenters. The Kier molecular flexibility index (Phi) is 13.4. The van der Waals surface area contributed by atoms with Crippen LogP contribution in [-0.4, -0.2) is 72.9 Å². The van der Waals surface area contributed by atoms with Crippen molar-refractivity contribution in [3.8, 4) is 11.5 Å². The monoisotopic (exact) mass is 735 g/mol. The molecule has 0 aliphatic rings. The number of anilines is 1. The van der Waals surface area contributed by atoms with Gasteiger partial charge in [0.2, 0.25) is 5.95 Å². The Morgan fingerprint density at radius 3 is 2.42 bits per heavy atom. The third kappa shape index (κ3) is 9.46. The quantitative estimate of drug-likeness (QED) is 0.123. The van der Waals surface area contributed by atoms with Gasteiger partial charge in [-0.05, 0) is 76.4 Å². The highest BCUT2D eigenvalue weighted by Crippen LogP contribution is 2.28. The fraction of sp³-hybridized carbons (Fsp3) is 0.395. The number of carbonyl (C=O) groups is 1. The van der Waals surface area contributed by atoms with Gasteiger partial charge in [-0.3, -0.25) is 4.79 Å². The maximum atomic E-state index is 14.9. The molecule has 0 aliphatic carbocycles. The first-order chi connectivity index (χ1) is 24.8. The molecule has 5 aromatic rings. The van der Waals surface area contributed by atoms with Gasteiger partial charge >= 0.3 is 0 Å². The van der Waals surface area contributed by atoms with E-state index >= 15 is 0 Å². The summed E-state index contributed by atoms with van der Waals surface area (Å²) in [7, 11) is 3.52. The van der Waals surface area contributed by atoms with Crippen molar-refractivity contribution in [3.63, 3.8) is 0 Å². The normalized spacial score (nSPS) is 12.8. The molecule has 2 heterocycles. The predicted octanol–water partition coefficient (Wildman–Crippen LogP) is 7.58. The van der Waals surface area contributed by atoms with Gasteiger partial charge in [0.05, 0.1) is 24.4 Å². The van der Waals surface area contributed by atoms with Crippen LogP contribution >= 0.6 is 0 Å². The van der Waals surface area contributed by atoms with Crippen LogP contribution in [0.5, 0.6) is 11.5 Å². The highest BCUT2D eigenvalue weighted by Gasteiger charge is 2.21. The number of nitrogens with zero attached hydrogens (tertiary/aromatic N) is 6. The molecule has 0 aliphatic heterocycles. The molecule has 1 N–H and O–H groups in total. The van der Waals surface area contributed by atoms with Gasteiger partial charge in [-0.15, -0.1) is 5.10 Å². The van der Waals surface area contributed by atoms with E-state index in [4.69, 9.17) is 9.47 Å². The van der Waals surface area contributed by atoms with Crippen LogP contribution in [0, 0.1) is 11.6 Å². The van der Waals surface area contributed by atoms with Gasteiger partial charge < -0.3 is 19.7 Å². The lowest BCUT2D eigenvalue weighted by Crippen LogP contribution is -2.35. The van der Waals surface area contributed by atoms with Gasteiger partial charge in [0, 0.05) is 55.5 Å². The van der Waals surface area contributed by atoms with Gasteiger partial charge in [-0.25, -0.2) is 23.0 Å². The zero-order valence-corrected chi connectivity index (χ0v) is 32.0. The number of benzene rings is 3. The number of hydrogen-bond acceptors (Lipinski definition) is 8. The molecule has 3 aromatic carbocycles. The average molecular weight is 736 g/mol. The number of aromatic nitrogens is 4. The minimum atomic E-state index is -1.37. The van der Waals surface area contributed by atoms with Crippen LogP contribution in [0.1, 0.15) is 81.7 Å². The summed E-state index contributed by atoms with van der Waals surface area (Å²) in [4.78, 5) is 24.0. The van der Waals surface area contributed by atoms with Crippen LogP contribution < -0.4 is 14.8 Å². The van der Waals surface area contributed by atoms with E-state index in [0.29, 0.717) is 42.1 Å². The number of ether oxygens (including phenoxy) is 2. The van der Waals surface area contributed by atoms with E-state index in [0.717, 1.165) is 17.2 Å². The maximum absolute atomic E-state index is 14.9. The molecular weight excluding hydrogens is 689 g/mol. The van der Waals surface area contributed by atoms with Crippen molar-refractivity contribution in [1.82, 2.24) is 24.5 Å². The van der Waals surface area contributed by atoms with E-state index in [1.807, 2.05) is 47.6 Å². The number of nitrogens with one attached hydrogen (secondary N) is 1. The summed E-state index contributed by atoms with van der Waals surface area (Å²) in [6, 6.07) is 14.3. The SMILES string of the molecule is CC.COc1ccc(CNc2nc3c(F)cc(F)cc3c3nc(CCC[C@H](C)N(C)C(=O)c4ccc(/C=N/[S@@](=O)C(C)(C)C)cc4)nn23)c(OC)c1. The van der Waals surface area contributed by atoms with Gasteiger partial charge in [0.25, 0.3) is 5.91 Å². The van der Waals surface area contributed by atoms with Gasteiger partial charge in [-0.2, -0.15) is 8.91 Å². The molecule has 0 saturated heterocycles. The van der Waals surface area contributed by atoms with Crippen molar-refractivity contribution >= 4 is 45.6 Å². The second kappa shape index (κ2) is 17.5. The second-order valence-corrected chi connectivity index (χ2v) is 14.8. The van der Waals surface area contributed by atoms with Crippen LogP contribution in [0.25, 0.3) is 16.6 Å².